The Bertz CT molecular complexity index is 350. The van der Waals surface area contributed by atoms with Gasteiger partial charge >= 0.3 is 0 Å². The average molecular weight is 188 g/mol. The first-order chi connectivity index (χ1) is 6.58. The van der Waals surface area contributed by atoms with Gasteiger partial charge in [0.2, 0.25) is 0 Å². The van der Waals surface area contributed by atoms with Crippen LogP contribution in [0.4, 0.5) is 0 Å². The Kier molecular flexibility index (Phi) is 3.63. The summed E-state index contributed by atoms with van der Waals surface area (Å²) in [5, 5.41) is 0. The molecule has 0 amide bonds. The summed E-state index contributed by atoms with van der Waals surface area (Å²) in [5.74, 6) is 0.239. The van der Waals surface area contributed by atoms with E-state index >= 15 is 0 Å². The van der Waals surface area contributed by atoms with Gasteiger partial charge in [-0.3, -0.25) is 4.79 Å². The predicted molar refractivity (Wildman–Crippen MR) is 59.3 cm³/mol. The normalized spacial score (nSPS) is 9.86. The molecule has 0 aromatic heterocycles. The van der Waals surface area contributed by atoms with Crippen molar-refractivity contribution >= 4 is 5.78 Å². The van der Waals surface area contributed by atoms with Crippen LogP contribution in [0.3, 0.4) is 0 Å². The molecule has 1 aromatic rings. The van der Waals surface area contributed by atoms with Gasteiger partial charge in [0.05, 0.1) is 0 Å². The third-order valence-corrected chi connectivity index (χ3v) is 1.98. The van der Waals surface area contributed by atoms with E-state index in [4.69, 9.17) is 0 Å². The highest BCUT2D eigenvalue weighted by atomic mass is 16.1. The maximum absolute atomic E-state index is 11.5. The van der Waals surface area contributed by atoms with Crippen molar-refractivity contribution in [2.45, 2.75) is 26.7 Å². The lowest BCUT2D eigenvalue weighted by molar-refractivity contribution is -0.117. The maximum atomic E-state index is 11.5. The van der Waals surface area contributed by atoms with Crippen LogP contribution in [0.1, 0.15) is 24.5 Å². The first-order valence-corrected chi connectivity index (χ1v) is 4.79. The van der Waals surface area contributed by atoms with Gasteiger partial charge in [-0.15, -0.1) is 0 Å². The molecule has 0 unspecified atom stereocenters. The first kappa shape index (κ1) is 10.7. The van der Waals surface area contributed by atoms with Crippen molar-refractivity contribution in [1.29, 1.82) is 0 Å². The number of Topliss-reactive ketones (excluding diaryl/α,β-unsaturated/α-hetero) is 1. The molecule has 1 rings (SSSR count). The second-order valence-corrected chi connectivity index (χ2v) is 3.84. The summed E-state index contributed by atoms with van der Waals surface area (Å²) in [6.45, 7) is 7.65. The molecule has 14 heavy (non-hydrogen) atoms. The third kappa shape index (κ3) is 3.56. The van der Waals surface area contributed by atoms with E-state index in [2.05, 4.69) is 12.6 Å². The van der Waals surface area contributed by atoms with Gasteiger partial charge in [-0.25, -0.2) is 0 Å². The van der Waals surface area contributed by atoms with Crippen LogP contribution in [0.15, 0.2) is 36.4 Å². The van der Waals surface area contributed by atoms with Gasteiger partial charge in [0.15, 0.2) is 0 Å². The zero-order chi connectivity index (χ0) is 10.6. The van der Waals surface area contributed by atoms with E-state index in [1.807, 2.05) is 32.0 Å². The summed E-state index contributed by atoms with van der Waals surface area (Å²) in [6, 6.07) is 8.06. The Labute approximate surface area is 85.5 Å². The van der Waals surface area contributed by atoms with Crippen molar-refractivity contribution in [2.24, 2.45) is 0 Å². The van der Waals surface area contributed by atoms with Crippen LogP contribution in [-0.4, -0.2) is 5.78 Å². The summed E-state index contributed by atoms with van der Waals surface area (Å²) >= 11 is 0. The lowest BCUT2D eigenvalue weighted by Crippen LogP contribution is -2.02. The topological polar surface area (TPSA) is 17.1 Å². The fourth-order valence-electron chi connectivity index (χ4n) is 1.45. The molecule has 0 radical (unpaired) electrons. The molecule has 0 N–H and O–H groups in total. The smallest absolute Gasteiger partial charge is 0.141 e. The number of ketones is 1. The second-order valence-electron chi connectivity index (χ2n) is 3.84. The molecule has 1 heteroatoms. The van der Waals surface area contributed by atoms with Crippen molar-refractivity contribution in [3.63, 3.8) is 0 Å². The van der Waals surface area contributed by atoms with Crippen LogP contribution in [-0.2, 0) is 11.2 Å². The van der Waals surface area contributed by atoms with Crippen LogP contribution in [0.5, 0.6) is 0 Å². The van der Waals surface area contributed by atoms with Crippen molar-refractivity contribution in [3.05, 3.63) is 47.5 Å². The van der Waals surface area contributed by atoms with Crippen LogP contribution < -0.4 is 0 Å². The van der Waals surface area contributed by atoms with E-state index in [1.54, 1.807) is 0 Å². The van der Waals surface area contributed by atoms with Gasteiger partial charge < -0.3 is 0 Å². The minimum atomic E-state index is 0.239. The second kappa shape index (κ2) is 4.75. The highest BCUT2D eigenvalue weighted by Gasteiger charge is 2.03. The van der Waals surface area contributed by atoms with Gasteiger partial charge in [0, 0.05) is 12.8 Å². The standard InChI is InChI=1S/C13H16O/c1-10(2)7-13(14)9-12-6-4-5-11(3)8-12/h4-6,8H,1,7,9H2,2-3H3. The highest BCUT2D eigenvalue weighted by Crippen LogP contribution is 2.07. The number of hydrogen-bond donors (Lipinski definition) is 0. The van der Waals surface area contributed by atoms with Crippen molar-refractivity contribution < 1.29 is 4.79 Å². The van der Waals surface area contributed by atoms with Gasteiger partial charge in [0.1, 0.15) is 5.78 Å². The van der Waals surface area contributed by atoms with Crippen LogP contribution in [0, 0.1) is 6.92 Å². The first-order valence-electron chi connectivity index (χ1n) is 4.79. The molecular formula is C13H16O. The Morgan fingerprint density at radius 2 is 2.14 bits per heavy atom. The largest absolute Gasteiger partial charge is 0.299 e. The zero-order valence-electron chi connectivity index (χ0n) is 8.84. The molecule has 1 nitrogen and oxygen atoms in total. The fourth-order valence-corrected chi connectivity index (χ4v) is 1.45. The average Bonchev–Trinajstić information content (AvgIpc) is 2.01. The van der Waals surface area contributed by atoms with Crippen molar-refractivity contribution in [3.8, 4) is 0 Å². The highest BCUT2D eigenvalue weighted by molar-refractivity contribution is 5.82. The van der Waals surface area contributed by atoms with E-state index in [-0.39, 0.29) is 5.78 Å². The zero-order valence-corrected chi connectivity index (χ0v) is 8.84. The lowest BCUT2D eigenvalue weighted by Gasteiger charge is -2.01. The molecule has 0 saturated heterocycles. The summed E-state index contributed by atoms with van der Waals surface area (Å²) in [7, 11) is 0. The van der Waals surface area contributed by atoms with E-state index in [0.717, 1.165) is 11.1 Å². The van der Waals surface area contributed by atoms with Gasteiger partial charge in [-0.05, 0) is 19.4 Å². The lowest BCUT2D eigenvalue weighted by atomic mass is 10.0. The molecule has 0 heterocycles. The molecule has 1 aromatic carbocycles. The van der Waals surface area contributed by atoms with Gasteiger partial charge in [-0.2, -0.15) is 0 Å². The Balaban J connectivity index is 2.60. The summed E-state index contributed by atoms with van der Waals surface area (Å²) in [5.41, 5.74) is 3.23. The van der Waals surface area contributed by atoms with E-state index < -0.39 is 0 Å². The van der Waals surface area contributed by atoms with E-state index in [0.29, 0.717) is 12.8 Å². The Morgan fingerprint density at radius 3 is 2.71 bits per heavy atom. The SMILES string of the molecule is C=C(C)CC(=O)Cc1cccc(C)c1. The molecule has 0 saturated carbocycles. The molecule has 0 spiro atoms. The predicted octanol–water partition coefficient (Wildman–Crippen LogP) is 3.07. The molecule has 0 atom stereocenters. The van der Waals surface area contributed by atoms with Gasteiger partial charge in [-0.1, -0.05) is 42.0 Å². The molecular weight excluding hydrogens is 172 g/mol. The summed E-state index contributed by atoms with van der Waals surface area (Å²) < 4.78 is 0. The number of carbonyl (C=O) groups is 1. The minimum absolute atomic E-state index is 0.239. The number of rotatable bonds is 4. The molecule has 0 aliphatic carbocycles. The van der Waals surface area contributed by atoms with E-state index in [9.17, 15) is 4.79 Å². The summed E-state index contributed by atoms with van der Waals surface area (Å²) in [4.78, 5) is 11.5. The van der Waals surface area contributed by atoms with Gasteiger partial charge in [0.25, 0.3) is 0 Å². The van der Waals surface area contributed by atoms with E-state index in [1.165, 1.54) is 5.56 Å². The molecule has 0 bridgehead atoms. The number of allylic oxidation sites excluding steroid dienone is 1. The van der Waals surface area contributed by atoms with Crippen LogP contribution in [0.25, 0.3) is 0 Å². The Hall–Kier alpha value is -1.37. The van der Waals surface area contributed by atoms with Crippen LogP contribution >= 0.6 is 0 Å². The fraction of sp³-hybridized carbons (Fsp3) is 0.308. The number of aryl methyl sites for hydroxylation is 1. The Morgan fingerprint density at radius 1 is 1.43 bits per heavy atom. The maximum Gasteiger partial charge on any atom is 0.141 e. The number of hydrogen-bond acceptors (Lipinski definition) is 1. The van der Waals surface area contributed by atoms with Crippen LogP contribution in [0.2, 0.25) is 0 Å². The summed E-state index contributed by atoms with van der Waals surface area (Å²) in [6.07, 6.45) is 1.02. The molecule has 0 aliphatic heterocycles. The quantitative estimate of drug-likeness (QED) is 0.664. The monoisotopic (exact) mass is 188 g/mol. The van der Waals surface area contributed by atoms with Crippen molar-refractivity contribution in [1.82, 2.24) is 0 Å². The molecule has 0 aliphatic rings. The van der Waals surface area contributed by atoms with Crippen molar-refractivity contribution in [2.75, 3.05) is 0 Å². The third-order valence-electron chi connectivity index (χ3n) is 1.98. The molecule has 74 valence electrons. The molecule has 0 fully saturated rings. The minimum Gasteiger partial charge on any atom is -0.299 e. The number of carbonyl (C=O) groups excluding carboxylic acids is 1. The number of benzene rings is 1.